The van der Waals surface area contributed by atoms with Crippen molar-refractivity contribution >= 4 is 38.6 Å². The predicted octanol–water partition coefficient (Wildman–Crippen LogP) is 3.37. The van der Waals surface area contributed by atoms with Crippen molar-refractivity contribution in [2.45, 2.75) is 18.4 Å². The average molecular weight is 349 g/mol. The van der Waals surface area contributed by atoms with Crippen molar-refractivity contribution in [3.8, 4) is 0 Å². The van der Waals surface area contributed by atoms with Crippen LogP contribution in [0.25, 0.3) is 0 Å². The Hall–Kier alpha value is -1.15. The number of aryl methyl sites for hydroxylation is 1. The van der Waals surface area contributed by atoms with Crippen LogP contribution in [0.15, 0.2) is 29.2 Å². The average Bonchev–Trinajstić information content (AvgIpc) is 2.76. The smallest absolute Gasteiger partial charge is 0.263 e. The summed E-state index contributed by atoms with van der Waals surface area (Å²) in [7, 11) is -2.07. The fourth-order valence-corrected chi connectivity index (χ4v) is 4.71. The van der Waals surface area contributed by atoms with Crippen molar-refractivity contribution in [3.63, 3.8) is 0 Å². The van der Waals surface area contributed by atoms with E-state index in [4.69, 9.17) is 11.6 Å². The van der Waals surface area contributed by atoms with Gasteiger partial charge in [0.05, 0.1) is 5.69 Å². The van der Waals surface area contributed by atoms with Gasteiger partial charge in [-0.15, -0.1) is 11.3 Å². The van der Waals surface area contributed by atoms with Gasteiger partial charge in [-0.05, 0) is 38.2 Å². The third kappa shape index (κ3) is 3.74. The van der Waals surface area contributed by atoms with Crippen LogP contribution < -0.4 is 10.0 Å². The molecule has 0 atom stereocenters. The van der Waals surface area contributed by atoms with Crippen LogP contribution in [0.1, 0.15) is 9.75 Å². The number of hydrogen-bond acceptors (Lipinski definition) is 4. The summed E-state index contributed by atoms with van der Waals surface area (Å²) in [6.07, 6.45) is 0. The monoisotopic (exact) mass is 348 g/mol. The molecule has 1 aromatic carbocycles. The molecule has 0 amide bonds. The summed E-state index contributed by atoms with van der Waals surface area (Å²) in [6, 6.07) is 5.30. The Morgan fingerprint density at radius 3 is 2.71 bits per heavy atom. The van der Waals surface area contributed by atoms with Crippen LogP contribution in [0, 0.1) is 12.7 Å². The lowest BCUT2D eigenvalue weighted by Crippen LogP contribution is -2.14. The zero-order valence-electron chi connectivity index (χ0n) is 11.4. The van der Waals surface area contributed by atoms with Gasteiger partial charge in [-0.3, -0.25) is 4.72 Å². The summed E-state index contributed by atoms with van der Waals surface area (Å²) in [4.78, 5) is 1.69. The maximum absolute atomic E-state index is 13.6. The molecule has 0 aliphatic heterocycles. The van der Waals surface area contributed by atoms with Crippen LogP contribution in [0.3, 0.4) is 0 Å². The van der Waals surface area contributed by atoms with Crippen molar-refractivity contribution in [3.05, 3.63) is 44.9 Å². The number of hydrogen-bond donors (Lipinski definition) is 2. The number of rotatable bonds is 5. The molecule has 8 heteroatoms. The highest BCUT2D eigenvalue weighted by atomic mass is 35.5. The van der Waals surface area contributed by atoms with Gasteiger partial charge >= 0.3 is 0 Å². The van der Waals surface area contributed by atoms with Crippen molar-refractivity contribution in [1.29, 1.82) is 0 Å². The third-order valence-electron chi connectivity index (χ3n) is 2.74. The fourth-order valence-electron chi connectivity index (χ4n) is 1.83. The molecule has 0 radical (unpaired) electrons. The lowest BCUT2D eigenvalue weighted by atomic mass is 10.3. The lowest BCUT2D eigenvalue weighted by molar-refractivity contribution is 0.598. The van der Waals surface area contributed by atoms with Gasteiger partial charge in [-0.1, -0.05) is 11.6 Å². The van der Waals surface area contributed by atoms with Crippen LogP contribution >= 0.6 is 22.9 Å². The minimum absolute atomic E-state index is 0.150. The minimum Gasteiger partial charge on any atom is -0.315 e. The number of anilines is 1. The molecule has 0 fully saturated rings. The lowest BCUT2D eigenvalue weighted by Gasteiger charge is -2.08. The van der Waals surface area contributed by atoms with E-state index in [2.05, 4.69) is 10.0 Å². The summed E-state index contributed by atoms with van der Waals surface area (Å²) in [5.41, 5.74) is -0.164. The molecule has 114 valence electrons. The Morgan fingerprint density at radius 2 is 2.05 bits per heavy atom. The summed E-state index contributed by atoms with van der Waals surface area (Å²) >= 11 is 7.14. The van der Waals surface area contributed by atoms with Crippen LogP contribution in [0.2, 0.25) is 5.02 Å². The highest BCUT2D eigenvalue weighted by Crippen LogP contribution is 2.29. The number of benzene rings is 1. The van der Waals surface area contributed by atoms with Gasteiger partial charge < -0.3 is 5.32 Å². The molecule has 0 spiro atoms. The van der Waals surface area contributed by atoms with E-state index in [1.54, 1.807) is 20.0 Å². The van der Waals surface area contributed by atoms with Crippen LogP contribution in [-0.2, 0) is 16.6 Å². The van der Waals surface area contributed by atoms with Crippen LogP contribution in [-0.4, -0.2) is 15.5 Å². The van der Waals surface area contributed by atoms with E-state index in [0.29, 0.717) is 11.4 Å². The first-order chi connectivity index (χ1) is 9.83. The van der Waals surface area contributed by atoms with E-state index in [-0.39, 0.29) is 15.6 Å². The minimum atomic E-state index is -3.85. The van der Waals surface area contributed by atoms with E-state index in [9.17, 15) is 12.8 Å². The molecule has 21 heavy (non-hydrogen) atoms. The molecule has 0 saturated heterocycles. The third-order valence-corrected chi connectivity index (χ3v) is 5.64. The predicted molar refractivity (Wildman–Crippen MR) is 84.0 cm³/mol. The van der Waals surface area contributed by atoms with Crippen molar-refractivity contribution in [2.24, 2.45) is 0 Å². The topological polar surface area (TPSA) is 58.2 Å². The molecule has 1 aromatic heterocycles. The van der Waals surface area contributed by atoms with Gasteiger partial charge in [-0.2, -0.15) is 0 Å². The zero-order chi connectivity index (χ0) is 15.6. The molecular formula is C13H14ClFN2O2S2. The molecule has 1 heterocycles. The Morgan fingerprint density at radius 1 is 1.33 bits per heavy atom. The fraction of sp³-hybridized carbons (Fsp3) is 0.231. The highest BCUT2D eigenvalue weighted by molar-refractivity contribution is 7.93. The SMILES string of the molecule is CNCc1cc(S(=O)(=O)Nc2cc(Cl)ccc2F)c(C)s1. The summed E-state index contributed by atoms with van der Waals surface area (Å²) in [5, 5.41) is 3.22. The van der Waals surface area contributed by atoms with E-state index >= 15 is 0 Å². The Balaban J connectivity index is 2.36. The number of halogens is 2. The molecular weight excluding hydrogens is 335 g/mol. The molecule has 2 N–H and O–H groups in total. The second-order valence-corrected chi connectivity index (χ2v) is 7.82. The maximum atomic E-state index is 13.6. The van der Waals surface area contributed by atoms with Gasteiger partial charge in [-0.25, -0.2) is 12.8 Å². The molecule has 0 bridgehead atoms. The molecule has 2 rings (SSSR count). The van der Waals surface area contributed by atoms with Crippen molar-refractivity contribution in [1.82, 2.24) is 5.32 Å². The number of nitrogens with one attached hydrogen (secondary N) is 2. The van der Waals surface area contributed by atoms with Gasteiger partial charge in [0.1, 0.15) is 10.7 Å². The van der Waals surface area contributed by atoms with E-state index < -0.39 is 15.8 Å². The molecule has 0 unspecified atom stereocenters. The standard InChI is InChI=1S/C13H14ClFN2O2S2/c1-8-13(6-10(20-8)7-16-2)21(18,19)17-12-5-9(14)3-4-11(12)15/h3-6,16-17H,7H2,1-2H3. The first kappa shape index (κ1) is 16.2. The van der Waals surface area contributed by atoms with Crippen LogP contribution in [0.4, 0.5) is 10.1 Å². The molecule has 0 aliphatic rings. The van der Waals surface area contributed by atoms with Gasteiger partial charge in [0, 0.05) is 21.3 Å². The summed E-state index contributed by atoms with van der Waals surface area (Å²) < 4.78 is 40.6. The second kappa shape index (κ2) is 6.31. The molecule has 4 nitrogen and oxygen atoms in total. The van der Waals surface area contributed by atoms with Crippen molar-refractivity contribution < 1.29 is 12.8 Å². The highest BCUT2D eigenvalue weighted by Gasteiger charge is 2.21. The van der Waals surface area contributed by atoms with E-state index in [1.807, 2.05) is 0 Å². The first-order valence-corrected chi connectivity index (χ1v) is 8.73. The molecule has 0 aliphatic carbocycles. The number of sulfonamides is 1. The zero-order valence-corrected chi connectivity index (χ0v) is 13.8. The first-order valence-electron chi connectivity index (χ1n) is 6.05. The number of thiophene rings is 1. The Labute approximate surface area is 132 Å². The Bertz CT molecular complexity index is 760. The summed E-state index contributed by atoms with van der Waals surface area (Å²) in [5.74, 6) is -0.675. The van der Waals surface area contributed by atoms with Crippen molar-refractivity contribution in [2.75, 3.05) is 11.8 Å². The van der Waals surface area contributed by atoms with E-state index in [1.165, 1.54) is 23.5 Å². The van der Waals surface area contributed by atoms with E-state index in [0.717, 1.165) is 10.9 Å². The Kier molecular flexibility index (Phi) is 4.88. The quantitative estimate of drug-likeness (QED) is 0.871. The maximum Gasteiger partial charge on any atom is 0.263 e. The normalized spacial score (nSPS) is 11.6. The summed E-state index contributed by atoms with van der Waals surface area (Å²) in [6.45, 7) is 2.29. The molecule has 2 aromatic rings. The van der Waals surface area contributed by atoms with Gasteiger partial charge in [0.2, 0.25) is 0 Å². The van der Waals surface area contributed by atoms with Crippen LogP contribution in [0.5, 0.6) is 0 Å². The van der Waals surface area contributed by atoms with Gasteiger partial charge in [0.25, 0.3) is 10.0 Å². The molecule has 0 saturated carbocycles. The van der Waals surface area contributed by atoms with Gasteiger partial charge in [0.15, 0.2) is 0 Å². The largest absolute Gasteiger partial charge is 0.315 e. The second-order valence-electron chi connectivity index (χ2n) is 4.39.